The summed E-state index contributed by atoms with van der Waals surface area (Å²) < 4.78 is 1.73. The average molecular weight is 259 g/mol. The highest BCUT2D eigenvalue weighted by atomic mass is 16.1. The summed E-state index contributed by atoms with van der Waals surface area (Å²) in [4.78, 5) is 16.1. The third kappa shape index (κ3) is 3.09. The molecule has 6 nitrogen and oxygen atoms in total. The molecule has 0 aliphatic rings. The average Bonchev–Trinajstić information content (AvgIpc) is 2.63. The largest absolute Gasteiger partial charge is 0.384 e. The number of anilines is 1. The van der Waals surface area contributed by atoms with Crippen molar-refractivity contribution in [3.8, 4) is 0 Å². The lowest BCUT2D eigenvalue weighted by atomic mass is 10.2. The lowest BCUT2D eigenvalue weighted by Crippen LogP contribution is -2.23. The van der Waals surface area contributed by atoms with Gasteiger partial charge in [0.1, 0.15) is 5.82 Å². The number of nitrogen functional groups attached to an aromatic ring is 1. The number of rotatable bonds is 3. The van der Waals surface area contributed by atoms with Crippen LogP contribution in [-0.2, 0) is 13.6 Å². The third-order valence-corrected chi connectivity index (χ3v) is 2.79. The van der Waals surface area contributed by atoms with Gasteiger partial charge in [0.25, 0.3) is 5.91 Å². The maximum atomic E-state index is 12.0. The Balaban J connectivity index is 2.07. The van der Waals surface area contributed by atoms with Gasteiger partial charge in [-0.1, -0.05) is 0 Å². The van der Waals surface area contributed by atoms with Crippen LogP contribution in [0.15, 0.2) is 18.3 Å². The summed E-state index contributed by atoms with van der Waals surface area (Å²) in [5.74, 6) is 0.183. The molecule has 0 aliphatic carbocycles. The molecule has 0 fully saturated rings. The van der Waals surface area contributed by atoms with Gasteiger partial charge in [-0.3, -0.25) is 9.48 Å². The fraction of sp³-hybridized carbons (Fsp3) is 0.308. The van der Waals surface area contributed by atoms with E-state index in [1.807, 2.05) is 20.2 Å². The molecule has 6 heteroatoms. The molecule has 1 amide bonds. The van der Waals surface area contributed by atoms with Crippen molar-refractivity contribution in [1.29, 1.82) is 0 Å². The van der Waals surface area contributed by atoms with Crippen molar-refractivity contribution < 1.29 is 4.79 Å². The minimum atomic E-state index is -0.166. The molecule has 0 saturated heterocycles. The summed E-state index contributed by atoms with van der Waals surface area (Å²) in [5.41, 5.74) is 8.78. The number of aromatic nitrogens is 3. The number of hydrogen-bond donors (Lipinski definition) is 2. The first-order valence-electron chi connectivity index (χ1n) is 5.97. The Morgan fingerprint density at radius 1 is 1.42 bits per heavy atom. The van der Waals surface area contributed by atoms with Gasteiger partial charge in [-0.2, -0.15) is 5.10 Å². The molecule has 19 heavy (non-hydrogen) atoms. The fourth-order valence-corrected chi connectivity index (χ4v) is 1.93. The van der Waals surface area contributed by atoms with Gasteiger partial charge in [0.05, 0.1) is 5.69 Å². The lowest BCUT2D eigenvalue weighted by Gasteiger charge is -2.06. The number of nitrogens with zero attached hydrogens (tertiary/aromatic N) is 3. The van der Waals surface area contributed by atoms with Gasteiger partial charge in [0, 0.05) is 36.6 Å². The number of carbonyl (C=O) groups excluding carboxylic acids is 1. The number of hydrogen-bond acceptors (Lipinski definition) is 4. The predicted octanol–water partition coefficient (Wildman–Crippen LogP) is 0.944. The first-order valence-corrected chi connectivity index (χ1v) is 5.97. The maximum absolute atomic E-state index is 12.0. The molecule has 2 rings (SSSR count). The Kier molecular flexibility index (Phi) is 3.50. The van der Waals surface area contributed by atoms with Gasteiger partial charge in [0.2, 0.25) is 0 Å². The van der Waals surface area contributed by atoms with E-state index in [0.717, 1.165) is 17.0 Å². The zero-order chi connectivity index (χ0) is 14.0. The van der Waals surface area contributed by atoms with Crippen LogP contribution >= 0.6 is 0 Å². The molecule has 100 valence electrons. The van der Waals surface area contributed by atoms with Gasteiger partial charge in [0.15, 0.2) is 0 Å². The number of nitrogens with two attached hydrogens (primary N) is 1. The Labute approximate surface area is 111 Å². The van der Waals surface area contributed by atoms with Crippen molar-refractivity contribution in [2.24, 2.45) is 7.05 Å². The van der Waals surface area contributed by atoms with Crippen LogP contribution in [0.1, 0.15) is 27.3 Å². The molecule has 0 aromatic carbocycles. The highest BCUT2D eigenvalue weighted by Gasteiger charge is 2.09. The van der Waals surface area contributed by atoms with Crippen molar-refractivity contribution in [1.82, 2.24) is 20.1 Å². The van der Waals surface area contributed by atoms with Crippen molar-refractivity contribution >= 4 is 11.7 Å². The van der Waals surface area contributed by atoms with Crippen molar-refractivity contribution in [3.05, 3.63) is 40.8 Å². The van der Waals surface area contributed by atoms with Gasteiger partial charge < -0.3 is 11.1 Å². The van der Waals surface area contributed by atoms with E-state index in [0.29, 0.717) is 17.9 Å². The SMILES string of the molecule is Cc1cc(C(=O)NCc2cn(C)nc2C)cc(N)n1. The zero-order valence-electron chi connectivity index (χ0n) is 11.3. The summed E-state index contributed by atoms with van der Waals surface area (Å²) in [7, 11) is 1.85. The monoisotopic (exact) mass is 259 g/mol. The summed E-state index contributed by atoms with van der Waals surface area (Å²) in [6, 6.07) is 3.28. The number of carbonyl (C=O) groups is 1. The third-order valence-electron chi connectivity index (χ3n) is 2.79. The van der Waals surface area contributed by atoms with Gasteiger partial charge in [-0.15, -0.1) is 0 Å². The van der Waals surface area contributed by atoms with Crippen LogP contribution in [0, 0.1) is 13.8 Å². The Morgan fingerprint density at radius 2 is 2.16 bits per heavy atom. The number of pyridine rings is 1. The molecule has 3 N–H and O–H groups in total. The van der Waals surface area contributed by atoms with Crippen LogP contribution in [-0.4, -0.2) is 20.7 Å². The molecule has 0 bridgehead atoms. The first-order chi connectivity index (χ1) is 8.95. The van der Waals surface area contributed by atoms with E-state index in [1.54, 1.807) is 23.7 Å². The fourth-order valence-electron chi connectivity index (χ4n) is 1.93. The summed E-state index contributed by atoms with van der Waals surface area (Å²) in [6.45, 7) is 4.16. The smallest absolute Gasteiger partial charge is 0.251 e. The van der Waals surface area contributed by atoms with Gasteiger partial charge in [-0.25, -0.2) is 4.98 Å². The zero-order valence-corrected chi connectivity index (χ0v) is 11.3. The molecule has 0 spiro atoms. The van der Waals surface area contributed by atoms with E-state index in [9.17, 15) is 4.79 Å². The molecule has 0 atom stereocenters. The van der Waals surface area contributed by atoms with E-state index >= 15 is 0 Å². The number of nitrogens with one attached hydrogen (secondary N) is 1. The predicted molar refractivity (Wildman–Crippen MR) is 72.5 cm³/mol. The molecule has 2 aromatic heterocycles. The second-order valence-electron chi connectivity index (χ2n) is 4.52. The van der Waals surface area contributed by atoms with E-state index in [1.165, 1.54) is 0 Å². The van der Waals surface area contributed by atoms with Crippen LogP contribution in [0.5, 0.6) is 0 Å². The second kappa shape index (κ2) is 5.09. The summed E-state index contributed by atoms with van der Waals surface area (Å²) in [6.07, 6.45) is 1.89. The maximum Gasteiger partial charge on any atom is 0.251 e. The standard InChI is InChI=1S/C13H17N5O/c1-8-4-10(5-12(14)16-8)13(19)15-6-11-7-18(3)17-9(11)2/h4-5,7H,6H2,1-3H3,(H2,14,16)(H,15,19). The molecule has 0 aliphatic heterocycles. The van der Waals surface area contributed by atoms with Crippen LogP contribution in [0.25, 0.3) is 0 Å². The molecule has 0 radical (unpaired) electrons. The summed E-state index contributed by atoms with van der Waals surface area (Å²) in [5, 5.41) is 7.07. The highest BCUT2D eigenvalue weighted by molar-refractivity contribution is 5.94. The van der Waals surface area contributed by atoms with E-state index in [4.69, 9.17) is 5.73 Å². The molecule has 2 aromatic rings. The Morgan fingerprint density at radius 3 is 2.74 bits per heavy atom. The minimum absolute atomic E-state index is 0.166. The number of amides is 1. The highest BCUT2D eigenvalue weighted by Crippen LogP contribution is 2.08. The van der Waals surface area contributed by atoms with E-state index in [2.05, 4.69) is 15.4 Å². The van der Waals surface area contributed by atoms with Crippen molar-refractivity contribution in [2.45, 2.75) is 20.4 Å². The van der Waals surface area contributed by atoms with Gasteiger partial charge >= 0.3 is 0 Å². The van der Waals surface area contributed by atoms with Crippen LogP contribution in [0.3, 0.4) is 0 Å². The molecule has 0 unspecified atom stereocenters. The van der Waals surface area contributed by atoms with Crippen molar-refractivity contribution in [2.75, 3.05) is 5.73 Å². The van der Waals surface area contributed by atoms with Crippen LogP contribution in [0.2, 0.25) is 0 Å². The quantitative estimate of drug-likeness (QED) is 0.859. The van der Waals surface area contributed by atoms with E-state index < -0.39 is 0 Å². The Hall–Kier alpha value is -2.37. The summed E-state index contributed by atoms with van der Waals surface area (Å²) >= 11 is 0. The first kappa shape index (κ1) is 13.1. The normalized spacial score (nSPS) is 10.5. The Bertz CT molecular complexity index is 597. The molecular weight excluding hydrogens is 242 g/mol. The van der Waals surface area contributed by atoms with Crippen LogP contribution in [0.4, 0.5) is 5.82 Å². The number of aryl methyl sites for hydroxylation is 3. The topological polar surface area (TPSA) is 85.8 Å². The second-order valence-corrected chi connectivity index (χ2v) is 4.52. The lowest BCUT2D eigenvalue weighted by molar-refractivity contribution is 0.0950. The molecule has 0 saturated carbocycles. The molecular formula is C13H17N5O. The van der Waals surface area contributed by atoms with Gasteiger partial charge in [-0.05, 0) is 26.0 Å². The molecule has 2 heterocycles. The van der Waals surface area contributed by atoms with Crippen LogP contribution < -0.4 is 11.1 Å². The van der Waals surface area contributed by atoms with E-state index in [-0.39, 0.29) is 5.91 Å². The van der Waals surface area contributed by atoms with Crippen molar-refractivity contribution in [3.63, 3.8) is 0 Å². The minimum Gasteiger partial charge on any atom is -0.384 e.